The van der Waals surface area contributed by atoms with Gasteiger partial charge < -0.3 is 24.4 Å². The number of carbonyl (C=O) groups excluding carboxylic acids is 3. The Morgan fingerprint density at radius 2 is 1.80 bits per heavy atom. The third-order valence-electron chi connectivity index (χ3n) is 11.1. The van der Waals surface area contributed by atoms with Crippen molar-refractivity contribution < 1.29 is 33.9 Å². The van der Waals surface area contributed by atoms with E-state index in [2.05, 4.69) is 0 Å². The van der Waals surface area contributed by atoms with Crippen molar-refractivity contribution in [1.29, 1.82) is 0 Å². The maximum Gasteiger partial charge on any atom is 0.269 e. The molecule has 0 radical (unpaired) electrons. The molecule has 4 aliphatic rings. The van der Waals surface area contributed by atoms with Gasteiger partial charge in [0.1, 0.15) is 0 Å². The number of hydrogen-bond acceptors (Lipinski definition) is 8. The van der Waals surface area contributed by atoms with E-state index in [9.17, 15) is 34.4 Å². The number of benzene rings is 3. The summed E-state index contributed by atoms with van der Waals surface area (Å²) in [5.74, 6) is -1.22. The van der Waals surface area contributed by atoms with Gasteiger partial charge in [0.25, 0.3) is 11.6 Å². The zero-order chi connectivity index (χ0) is 35.5. The summed E-state index contributed by atoms with van der Waals surface area (Å²) in [5, 5.41) is 21.8. The number of amides is 3. The number of carbonyl (C=O) groups is 3. The van der Waals surface area contributed by atoms with Crippen molar-refractivity contribution in [3.63, 3.8) is 0 Å². The molecular formula is C37H42N4O8Si. The number of non-ortho nitro benzene ring substituents is 1. The monoisotopic (exact) mass is 698 g/mol. The highest BCUT2D eigenvalue weighted by Gasteiger charge is 2.66. The second-order valence-electron chi connectivity index (χ2n) is 14.5. The lowest BCUT2D eigenvalue weighted by Crippen LogP contribution is -2.46. The van der Waals surface area contributed by atoms with E-state index in [1.807, 2.05) is 55.5 Å². The summed E-state index contributed by atoms with van der Waals surface area (Å²) in [6, 6.07) is 19.3. The molecule has 0 saturated carbocycles. The molecule has 0 bridgehead atoms. The van der Waals surface area contributed by atoms with Gasteiger partial charge >= 0.3 is 0 Å². The second kappa shape index (κ2) is 12.7. The number of likely N-dealkylation sites (tertiary alicyclic amines) is 1. The van der Waals surface area contributed by atoms with Crippen molar-refractivity contribution in [3.8, 4) is 0 Å². The van der Waals surface area contributed by atoms with E-state index in [0.717, 1.165) is 23.2 Å². The zero-order valence-electron chi connectivity index (χ0n) is 28.4. The molecule has 0 aromatic heterocycles. The maximum absolute atomic E-state index is 14.8. The number of rotatable bonds is 8. The number of anilines is 3. The Morgan fingerprint density at radius 3 is 2.50 bits per heavy atom. The van der Waals surface area contributed by atoms with Gasteiger partial charge in [-0.1, -0.05) is 37.3 Å². The Kier molecular flexibility index (Phi) is 8.65. The Hall–Kier alpha value is -4.43. The minimum atomic E-state index is -3.09. The number of hydrogen-bond donors (Lipinski definition) is 2. The van der Waals surface area contributed by atoms with Crippen LogP contribution in [0.2, 0.25) is 18.6 Å². The lowest BCUT2D eigenvalue weighted by molar-refractivity contribution is -0.385. The molecule has 2 N–H and O–H groups in total. The normalized spacial score (nSPS) is 26.1. The first-order valence-corrected chi connectivity index (χ1v) is 20.3. The number of nitrogens with zero attached hydrogens (tertiary/aromatic N) is 4. The average Bonchev–Trinajstić information content (AvgIpc) is 3.75. The highest BCUT2D eigenvalue weighted by atomic mass is 28.4. The van der Waals surface area contributed by atoms with Crippen LogP contribution in [0.3, 0.4) is 0 Å². The van der Waals surface area contributed by atoms with Gasteiger partial charge in [-0.3, -0.25) is 29.4 Å². The summed E-state index contributed by atoms with van der Waals surface area (Å²) in [7, 11) is -3.09. The van der Waals surface area contributed by atoms with Gasteiger partial charge in [0.2, 0.25) is 11.8 Å². The quantitative estimate of drug-likeness (QED) is 0.191. The molecule has 4 heterocycles. The van der Waals surface area contributed by atoms with E-state index < -0.39 is 42.3 Å². The molecule has 2 fully saturated rings. The van der Waals surface area contributed by atoms with Crippen molar-refractivity contribution in [3.05, 3.63) is 93.5 Å². The molecule has 0 aliphatic carbocycles. The topological polar surface area (TPSA) is 154 Å². The molecule has 3 aromatic carbocycles. The number of aliphatic hydroxyl groups is 1. The molecule has 5 atom stereocenters. The van der Waals surface area contributed by atoms with Crippen LogP contribution in [0.15, 0.2) is 66.7 Å². The summed E-state index contributed by atoms with van der Waals surface area (Å²) in [6.45, 7) is 5.86. The summed E-state index contributed by atoms with van der Waals surface area (Å²) in [5.41, 5.74) is 1.87. The smallest absolute Gasteiger partial charge is 0.269 e. The standard InChI is InChI=1S/C37H42N4O8Si/c1-23-35(50(2,3)48)32(20-34(44)38-18-6-8-28(38)22-42)49-37(23)29-19-27(41(46)47)15-16-31(29)39(36(37)45)21-24-10-13-26(14-11-24)40-30-9-5-4-7-25(30)12-17-33(40)43/h4-5,7,9-11,13-16,19,23,28,32,35,42,48H,6,8,12,17-18,20-22H2,1-3H3/t23-,28+,32+,35-,37+/m1/s1. The van der Waals surface area contributed by atoms with E-state index in [1.54, 1.807) is 33.9 Å². The molecule has 262 valence electrons. The highest BCUT2D eigenvalue weighted by Crippen LogP contribution is 2.60. The third-order valence-corrected chi connectivity index (χ3v) is 13.6. The Labute approximate surface area is 291 Å². The van der Waals surface area contributed by atoms with E-state index in [4.69, 9.17) is 4.74 Å². The van der Waals surface area contributed by atoms with Crippen LogP contribution in [0.25, 0.3) is 0 Å². The fourth-order valence-corrected chi connectivity index (χ4v) is 11.4. The van der Waals surface area contributed by atoms with Crippen LogP contribution >= 0.6 is 0 Å². The minimum absolute atomic E-state index is 0.00515. The van der Waals surface area contributed by atoms with Gasteiger partial charge in [-0.2, -0.15) is 0 Å². The summed E-state index contributed by atoms with van der Waals surface area (Å²) in [6.07, 6.45) is 1.68. The van der Waals surface area contributed by atoms with Gasteiger partial charge in [-0.05, 0) is 67.7 Å². The third kappa shape index (κ3) is 5.52. The van der Waals surface area contributed by atoms with Crippen LogP contribution in [-0.4, -0.2) is 71.1 Å². The molecule has 4 aliphatic heterocycles. The lowest BCUT2D eigenvalue weighted by atomic mass is 9.82. The number of nitro groups is 1. The van der Waals surface area contributed by atoms with Crippen LogP contribution in [-0.2, 0) is 37.7 Å². The first-order chi connectivity index (χ1) is 23.8. The van der Waals surface area contributed by atoms with E-state index in [0.29, 0.717) is 42.7 Å². The zero-order valence-corrected chi connectivity index (χ0v) is 29.4. The summed E-state index contributed by atoms with van der Waals surface area (Å²) < 4.78 is 6.75. The van der Waals surface area contributed by atoms with E-state index >= 15 is 0 Å². The minimum Gasteiger partial charge on any atom is -0.432 e. The fourth-order valence-electron chi connectivity index (χ4n) is 8.82. The van der Waals surface area contributed by atoms with Gasteiger partial charge in [0.15, 0.2) is 13.9 Å². The van der Waals surface area contributed by atoms with Crippen molar-refractivity contribution in [1.82, 2.24) is 4.90 Å². The van der Waals surface area contributed by atoms with Crippen LogP contribution in [0.1, 0.15) is 49.3 Å². The molecule has 13 heteroatoms. The molecule has 0 unspecified atom stereocenters. The number of para-hydroxylation sites is 1. The molecule has 1 spiro atoms. The van der Waals surface area contributed by atoms with Gasteiger partial charge in [0.05, 0.1) is 48.0 Å². The van der Waals surface area contributed by atoms with Crippen LogP contribution in [0.4, 0.5) is 22.7 Å². The number of ether oxygens (including phenoxy) is 1. The average molecular weight is 699 g/mol. The summed E-state index contributed by atoms with van der Waals surface area (Å²) in [4.78, 5) is 69.5. The van der Waals surface area contributed by atoms with Crippen LogP contribution in [0.5, 0.6) is 0 Å². The molecular weight excluding hydrogens is 657 g/mol. The summed E-state index contributed by atoms with van der Waals surface area (Å²) >= 11 is 0. The van der Waals surface area contributed by atoms with Crippen molar-refractivity contribution >= 4 is 48.8 Å². The number of aryl methyl sites for hydroxylation is 1. The lowest BCUT2D eigenvalue weighted by Gasteiger charge is -2.32. The number of nitro benzene ring substituents is 1. The van der Waals surface area contributed by atoms with E-state index in [1.165, 1.54) is 12.1 Å². The molecule has 7 rings (SSSR count). The van der Waals surface area contributed by atoms with Crippen LogP contribution in [0, 0.1) is 16.0 Å². The van der Waals surface area contributed by atoms with Crippen molar-refractivity contribution in [2.75, 3.05) is 23.0 Å². The van der Waals surface area contributed by atoms with Gasteiger partial charge in [-0.15, -0.1) is 0 Å². The molecule has 50 heavy (non-hydrogen) atoms. The highest BCUT2D eigenvalue weighted by molar-refractivity contribution is 6.71. The Morgan fingerprint density at radius 1 is 1.06 bits per heavy atom. The Bertz CT molecular complexity index is 1860. The Balaban J connectivity index is 1.23. The molecule has 12 nitrogen and oxygen atoms in total. The van der Waals surface area contributed by atoms with Crippen molar-refractivity contribution in [2.24, 2.45) is 5.92 Å². The molecule has 2 saturated heterocycles. The predicted octanol–water partition coefficient (Wildman–Crippen LogP) is 4.92. The van der Waals surface area contributed by atoms with Crippen molar-refractivity contribution in [2.45, 2.75) is 82.0 Å². The fraction of sp³-hybridized carbons (Fsp3) is 0.432. The second-order valence-corrected chi connectivity index (χ2v) is 18.5. The largest absolute Gasteiger partial charge is 0.432 e. The number of aliphatic hydroxyl groups excluding tert-OH is 1. The molecule has 3 aromatic rings. The van der Waals surface area contributed by atoms with Gasteiger partial charge in [-0.25, -0.2) is 0 Å². The van der Waals surface area contributed by atoms with E-state index in [-0.39, 0.29) is 43.1 Å². The number of fused-ring (bicyclic) bond motifs is 3. The SMILES string of the molecule is C[C@@H]1[C@@H]([Si](C)(C)O)[C@H](CC(=O)N2CCC[C@H]2CO)O[C@@]12C(=O)N(Cc1ccc(N3C(=O)CCc4ccccc43)cc1)c1ccc([N+](=O)[O-])cc12. The van der Waals surface area contributed by atoms with Gasteiger partial charge in [0, 0.05) is 47.8 Å². The maximum atomic E-state index is 14.8. The first kappa shape index (κ1) is 34.0. The predicted molar refractivity (Wildman–Crippen MR) is 188 cm³/mol. The molecule has 3 amide bonds. The first-order valence-electron chi connectivity index (χ1n) is 17.3. The van der Waals surface area contributed by atoms with Crippen LogP contribution < -0.4 is 9.80 Å².